The van der Waals surface area contributed by atoms with Crippen molar-refractivity contribution in [1.29, 1.82) is 0 Å². The van der Waals surface area contributed by atoms with Gasteiger partial charge < -0.3 is 14.7 Å². The lowest BCUT2D eigenvalue weighted by Crippen LogP contribution is -2.49. The molecule has 0 atom stereocenters. The van der Waals surface area contributed by atoms with Gasteiger partial charge in [0.05, 0.1) is 4.92 Å². The lowest BCUT2D eigenvalue weighted by atomic mass is 10.1. The molecule has 29 heavy (non-hydrogen) atoms. The number of aryl methyl sites for hydroxylation is 1. The Bertz CT molecular complexity index is 903. The molecule has 2 aliphatic rings. The summed E-state index contributed by atoms with van der Waals surface area (Å²) >= 11 is 0. The second-order valence-electron chi connectivity index (χ2n) is 7.44. The summed E-state index contributed by atoms with van der Waals surface area (Å²) < 4.78 is 0. The summed E-state index contributed by atoms with van der Waals surface area (Å²) in [6.45, 7) is 6.49. The Kier molecular flexibility index (Phi) is 5.28. The van der Waals surface area contributed by atoms with E-state index in [1.54, 1.807) is 4.90 Å². The van der Waals surface area contributed by atoms with Crippen molar-refractivity contribution < 1.29 is 9.72 Å². The molecule has 9 heteroatoms. The van der Waals surface area contributed by atoms with Crippen molar-refractivity contribution in [2.24, 2.45) is 0 Å². The summed E-state index contributed by atoms with van der Waals surface area (Å²) in [4.78, 5) is 38.6. The second-order valence-corrected chi connectivity index (χ2v) is 7.44. The Morgan fingerprint density at radius 1 is 0.966 bits per heavy atom. The van der Waals surface area contributed by atoms with Gasteiger partial charge in [-0.1, -0.05) is 0 Å². The molecule has 4 rings (SSSR count). The zero-order valence-corrected chi connectivity index (χ0v) is 16.5. The Hall–Kier alpha value is -3.23. The molecular formula is C20H24N6O3. The molecule has 2 saturated heterocycles. The Morgan fingerprint density at radius 2 is 1.62 bits per heavy atom. The zero-order chi connectivity index (χ0) is 20.4. The molecule has 0 spiro atoms. The van der Waals surface area contributed by atoms with Crippen LogP contribution in [0.5, 0.6) is 0 Å². The molecule has 0 unspecified atom stereocenters. The average Bonchev–Trinajstić information content (AvgIpc) is 3.28. The molecule has 2 aliphatic heterocycles. The van der Waals surface area contributed by atoms with Gasteiger partial charge in [0.1, 0.15) is 5.82 Å². The molecule has 1 aromatic heterocycles. The molecule has 1 aromatic carbocycles. The Labute approximate surface area is 169 Å². The molecule has 1 amide bonds. The smallest absolute Gasteiger partial charge is 0.269 e. The van der Waals surface area contributed by atoms with Crippen LogP contribution in [0.15, 0.2) is 30.3 Å². The van der Waals surface area contributed by atoms with Gasteiger partial charge >= 0.3 is 0 Å². The minimum absolute atomic E-state index is 0.0169. The van der Waals surface area contributed by atoms with Crippen LogP contribution in [0.3, 0.4) is 0 Å². The first-order chi connectivity index (χ1) is 14.0. The van der Waals surface area contributed by atoms with E-state index in [9.17, 15) is 14.9 Å². The molecule has 0 bridgehead atoms. The number of piperazine rings is 1. The van der Waals surface area contributed by atoms with Gasteiger partial charge in [-0.25, -0.2) is 4.98 Å². The Balaban J connectivity index is 1.41. The van der Waals surface area contributed by atoms with Crippen molar-refractivity contribution in [3.63, 3.8) is 0 Å². The van der Waals surface area contributed by atoms with E-state index in [1.165, 1.54) is 37.1 Å². The number of amides is 1. The summed E-state index contributed by atoms with van der Waals surface area (Å²) in [7, 11) is 0. The molecule has 2 fully saturated rings. The predicted octanol–water partition coefficient (Wildman–Crippen LogP) is 2.26. The lowest BCUT2D eigenvalue weighted by Gasteiger charge is -2.35. The quantitative estimate of drug-likeness (QED) is 0.578. The molecular weight excluding hydrogens is 372 g/mol. The number of nitro benzene ring substituents is 1. The highest BCUT2D eigenvalue weighted by Gasteiger charge is 2.25. The first-order valence-corrected chi connectivity index (χ1v) is 9.90. The number of benzene rings is 1. The summed E-state index contributed by atoms with van der Waals surface area (Å²) in [6, 6.07) is 7.79. The van der Waals surface area contributed by atoms with E-state index >= 15 is 0 Å². The largest absolute Gasteiger partial charge is 0.356 e. The highest BCUT2D eigenvalue weighted by molar-refractivity contribution is 5.94. The van der Waals surface area contributed by atoms with E-state index in [1.807, 2.05) is 13.0 Å². The predicted molar refractivity (Wildman–Crippen MR) is 109 cm³/mol. The van der Waals surface area contributed by atoms with Gasteiger partial charge in [-0.05, 0) is 31.9 Å². The highest BCUT2D eigenvalue weighted by Crippen LogP contribution is 2.22. The number of rotatable bonds is 4. The van der Waals surface area contributed by atoms with Gasteiger partial charge in [-0.15, -0.1) is 0 Å². The van der Waals surface area contributed by atoms with Crippen LogP contribution in [0, 0.1) is 17.0 Å². The van der Waals surface area contributed by atoms with Crippen LogP contribution >= 0.6 is 0 Å². The topological polar surface area (TPSA) is 95.7 Å². The molecule has 152 valence electrons. The minimum atomic E-state index is -0.467. The fraction of sp³-hybridized carbons (Fsp3) is 0.450. The molecule has 2 aromatic rings. The van der Waals surface area contributed by atoms with Crippen LogP contribution in [-0.4, -0.2) is 65.0 Å². The van der Waals surface area contributed by atoms with Gasteiger partial charge in [-0.2, -0.15) is 4.98 Å². The first-order valence-electron chi connectivity index (χ1n) is 9.90. The van der Waals surface area contributed by atoms with E-state index in [0.29, 0.717) is 37.7 Å². The summed E-state index contributed by atoms with van der Waals surface area (Å²) in [5.74, 6) is 1.59. The highest BCUT2D eigenvalue weighted by atomic mass is 16.6. The standard InChI is InChI=1S/C20H24N6O3/c1-15-14-18(23-8-2-3-9-23)22-20(21-15)25-12-10-24(11-13-25)19(27)16-4-6-17(7-5-16)26(28)29/h4-7,14H,2-3,8-13H2,1H3. The number of nitrogens with zero attached hydrogens (tertiary/aromatic N) is 6. The average molecular weight is 396 g/mol. The number of hydrogen-bond donors (Lipinski definition) is 0. The number of hydrogen-bond acceptors (Lipinski definition) is 7. The summed E-state index contributed by atoms with van der Waals surface area (Å²) in [5, 5.41) is 10.8. The van der Waals surface area contributed by atoms with Gasteiger partial charge in [0.15, 0.2) is 0 Å². The number of carbonyl (C=O) groups is 1. The van der Waals surface area contributed by atoms with Gasteiger partial charge in [0.2, 0.25) is 5.95 Å². The SMILES string of the molecule is Cc1cc(N2CCCC2)nc(N2CCN(C(=O)c3ccc([N+](=O)[O-])cc3)CC2)n1. The van der Waals surface area contributed by atoms with Crippen molar-refractivity contribution in [2.75, 3.05) is 49.1 Å². The normalized spacial score (nSPS) is 16.9. The molecule has 0 N–H and O–H groups in total. The van der Waals surface area contributed by atoms with Crippen molar-refractivity contribution in [1.82, 2.24) is 14.9 Å². The number of nitro groups is 1. The fourth-order valence-electron chi connectivity index (χ4n) is 3.80. The Morgan fingerprint density at radius 3 is 2.24 bits per heavy atom. The second kappa shape index (κ2) is 8.02. The number of anilines is 2. The van der Waals surface area contributed by atoms with Gasteiger partial charge in [-0.3, -0.25) is 14.9 Å². The number of non-ortho nitro benzene ring substituents is 1. The van der Waals surface area contributed by atoms with E-state index in [2.05, 4.69) is 14.8 Å². The van der Waals surface area contributed by atoms with Crippen molar-refractivity contribution in [2.45, 2.75) is 19.8 Å². The third-order valence-electron chi connectivity index (χ3n) is 5.43. The van der Waals surface area contributed by atoms with E-state index < -0.39 is 4.92 Å². The van der Waals surface area contributed by atoms with Crippen LogP contribution < -0.4 is 9.80 Å². The lowest BCUT2D eigenvalue weighted by molar-refractivity contribution is -0.384. The fourth-order valence-corrected chi connectivity index (χ4v) is 3.80. The maximum Gasteiger partial charge on any atom is 0.269 e. The van der Waals surface area contributed by atoms with E-state index in [4.69, 9.17) is 4.98 Å². The monoisotopic (exact) mass is 396 g/mol. The van der Waals surface area contributed by atoms with Crippen molar-refractivity contribution in [3.8, 4) is 0 Å². The van der Waals surface area contributed by atoms with Crippen LogP contribution in [-0.2, 0) is 0 Å². The summed E-state index contributed by atoms with van der Waals surface area (Å²) in [5.41, 5.74) is 1.39. The van der Waals surface area contributed by atoms with E-state index in [0.717, 1.165) is 24.6 Å². The summed E-state index contributed by atoms with van der Waals surface area (Å²) in [6.07, 6.45) is 2.39. The number of aromatic nitrogens is 2. The number of carbonyl (C=O) groups excluding carboxylic acids is 1. The minimum Gasteiger partial charge on any atom is -0.356 e. The zero-order valence-electron chi connectivity index (χ0n) is 16.5. The first kappa shape index (κ1) is 19.1. The van der Waals surface area contributed by atoms with Crippen LogP contribution in [0.2, 0.25) is 0 Å². The maximum atomic E-state index is 12.7. The molecule has 0 radical (unpaired) electrons. The molecule has 0 aliphatic carbocycles. The molecule has 3 heterocycles. The maximum absolute atomic E-state index is 12.7. The van der Waals surface area contributed by atoms with Crippen LogP contribution in [0.4, 0.5) is 17.5 Å². The van der Waals surface area contributed by atoms with Gasteiger partial charge in [0.25, 0.3) is 11.6 Å². The van der Waals surface area contributed by atoms with E-state index in [-0.39, 0.29) is 11.6 Å². The molecule has 0 saturated carbocycles. The van der Waals surface area contributed by atoms with Crippen molar-refractivity contribution >= 4 is 23.4 Å². The third-order valence-corrected chi connectivity index (χ3v) is 5.43. The third kappa shape index (κ3) is 4.13. The van der Waals surface area contributed by atoms with Crippen molar-refractivity contribution in [3.05, 3.63) is 51.7 Å². The van der Waals surface area contributed by atoms with Crippen LogP contribution in [0.25, 0.3) is 0 Å². The molecule has 9 nitrogen and oxygen atoms in total. The van der Waals surface area contributed by atoms with Crippen LogP contribution in [0.1, 0.15) is 28.9 Å². The van der Waals surface area contributed by atoms with Gasteiger partial charge in [0, 0.05) is 68.7 Å².